The van der Waals surface area contributed by atoms with E-state index >= 15 is 0 Å². The third kappa shape index (κ3) is 5.74. The molecule has 0 saturated carbocycles. The van der Waals surface area contributed by atoms with Gasteiger partial charge in [-0.3, -0.25) is 14.5 Å². The molecule has 2 aliphatic rings. The number of benzene rings is 2. The van der Waals surface area contributed by atoms with Gasteiger partial charge in [-0.1, -0.05) is 30.3 Å². The van der Waals surface area contributed by atoms with Crippen LogP contribution in [-0.4, -0.2) is 54.6 Å². The van der Waals surface area contributed by atoms with Crippen LogP contribution in [0.1, 0.15) is 51.6 Å². The molecule has 0 radical (unpaired) electrons. The molecule has 42 heavy (non-hydrogen) atoms. The Hall–Kier alpha value is -4.62. The average molecular weight is 596 g/mol. The summed E-state index contributed by atoms with van der Waals surface area (Å²) in [5.74, 6) is -6.07. The van der Waals surface area contributed by atoms with Crippen molar-refractivity contribution < 1.29 is 55.0 Å². The molecule has 14 heteroatoms. The number of fused-ring (bicyclic) bond motifs is 1. The maximum absolute atomic E-state index is 14.1. The summed E-state index contributed by atoms with van der Waals surface area (Å²) < 4.78 is 92.9. The van der Waals surface area contributed by atoms with Crippen molar-refractivity contribution in [2.45, 2.75) is 32.1 Å². The van der Waals surface area contributed by atoms with Crippen molar-refractivity contribution in [2.24, 2.45) is 0 Å². The fourth-order valence-electron chi connectivity index (χ4n) is 4.73. The average Bonchev–Trinajstić information content (AvgIpc) is 3.16. The summed E-state index contributed by atoms with van der Waals surface area (Å²) >= 11 is 0. The van der Waals surface area contributed by atoms with Gasteiger partial charge in [-0.05, 0) is 37.6 Å². The van der Waals surface area contributed by atoms with E-state index in [1.54, 1.807) is 12.1 Å². The van der Waals surface area contributed by atoms with Gasteiger partial charge in [0.15, 0.2) is 0 Å². The first-order chi connectivity index (χ1) is 19.7. The Morgan fingerprint density at radius 2 is 1.45 bits per heavy atom. The molecule has 2 heterocycles. The summed E-state index contributed by atoms with van der Waals surface area (Å²) in [6.07, 6.45) is -10.1. The van der Waals surface area contributed by atoms with E-state index in [2.05, 4.69) is 0 Å². The summed E-state index contributed by atoms with van der Waals surface area (Å²) in [7, 11) is 0. The lowest BCUT2D eigenvalue weighted by Crippen LogP contribution is -2.39. The fourth-order valence-corrected chi connectivity index (χ4v) is 4.73. The number of hydrogen-bond acceptors (Lipinski definition) is 7. The van der Waals surface area contributed by atoms with Crippen molar-refractivity contribution in [3.63, 3.8) is 0 Å². The first-order valence-corrected chi connectivity index (χ1v) is 12.4. The van der Waals surface area contributed by atoms with Crippen LogP contribution in [0.5, 0.6) is 0 Å². The molecular weight excluding hydrogens is 574 g/mol. The van der Waals surface area contributed by atoms with Crippen LogP contribution in [0, 0.1) is 0 Å². The van der Waals surface area contributed by atoms with Crippen molar-refractivity contribution in [3.8, 4) is 0 Å². The number of amides is 2. The zero-order valence-electron chi connectivity index (χ0n) is 22.0. The van der Waals surface area contributed by atoms with E-state index in [1.807, 2.05) is 5.32 Å². The Labute approximate surface area is 234 Å². The molecule has 0 saturated heterocycles. The lowest BCUT2D eigenvalue weighted by molar-refractivity contribution is -0.141. The molecule has 0 bridgehead atoms. The number of ether oxygens (including phenoxy) is 2. The molecule has 2 aromatic rings. The monoisotopic (exact) mass is 596 g/mol. The number of carbonyl (C=O) groups is 4. The molecule has 8 nitrogen and oxygen atoms in total. The summed E-state index contributed by atoms with van der Waals surface area (Å²) in [5, 5.41) is 1.97. The van der Waals surface area contributed by atoms with E-state index in [0.717, 1.165) is 24.0 Å². The number of alkyl halides is 6. The van der Waals surface area contributed by atoms with Crippen LogP contribution in [0.2, 0.25) is 0 Å². The molecule has 0 aliphatic carbocycles. The molecule has 1 unspecified atom stereocenters. The van der Waals surface area contributed by atoms with Gasteiger partial charge in [0.1, 0.15) is 12.3 Å². The number of halogens is 6. The summed E-state index contributed by atoms with van der Waals surface area (Å²) in [4.78, 5) is 52.2. The highest BCUT2D eigenvalue weighted by molar-refractivity contribution is 6.21. The van der Waals surface area contributed by atoms with E-state index < -0.39 is 88.8 Å². The van der Waals surface area contributed by atoms with Gasteiger partial charge < -0.3 is 14.8 Å². The van der Waals surface area contributed by atoms with E-state index in [-0.39, 0.29) is 17.7 Å². The minimum absolute atomic E-state index is 0.136. The summed E-state index contributed by atoms with van der Waals surface area (Å²) in [6.45, 7) is 0.999. The largest absolute Gasteiger partial charge is 0.463 e. The highest BCUT2D eigenvalue weighted by atomic mass is 19.4. The maximum atomic E-state index is 14.1. The van der Waals surface area contributed by atoms with Crippen molar-refractivity contribution in [1.82, 2.24) is 10.2 Å². The second-order valence-electron chi connectivity index (χ2n) is 9.17. The van der Waals surface area contributed by atoms with E-state index in [4.69, 9.17) is 9.47 Å². The lowest BCUT2D eigenvalue weighted by atomic mass is 9.79. The molecular formula is C28H22F6N2O6. The van der Waals surface area contributed by atoms with Crippen molar-refractivity contribution >= 4 is 23.8 Å². The van der Waals surface area contributed by atoms with E-state index in [9.17, 15) is 45.5 Å². The van der Waals surface area contributed by atoms with Crippen molar-refractivity contribution in [1.29, 1.82) is 0 Å². The van der Waals surface area contributed by atoms with Crippen LogP contribution in [0.3, 0.4) is 0 Å². The minimum atomic E-state index is -5.19. The van der Waals surface area contributed by atoms with Crippen LogP contribution in [0.25, 0.3) is 0 Å². The Balaban J connectivity index is 1.71. The Kier molecular flexibility index (Phi) is 8.19. The lowest BCUT2D eigenvalue weighted by Gasteiger charge is -2.32. The quantitative estimate of drug-likeness (QED) is 0.276. The van der Waals surface area contributed by atoms with Crippen molar-refractivity contribution in [2.75, 3.05) is 19.8 Å². The van der Waals surface area contributed by atoms with Crippen LogP contribution in [-0.2, 0) is 25.2 Å². The minimum Gasteiger partial charge on any atom is -0.463 e. The standard InChI is InChI=1S/C28H22F6N2O6/c1-3-41-26(40)21-20(15-7-6-8-16(13-15)27(29,30)31)19(14(2)35-22(21)28(32,33)34)25(39)42-12-11-36-23(37)17-9-4-5-10-18(17)24(36)38/h4-10,13,20,35H,3,11-12H2,1-2H3. The Morgan fingerprint density at radius 1 is 0.857 bits per heavy atom. The zero-order chi connectivity index (χ0) is 31.0. The predicted molar refractivity (Wildman–Crippen MR) is 133 cm³/mol. The highest BCUT2D eigenvalue weighted by Gasteiger charge is 2.48. The SMILES string of the molecule is CCOC(=O)C1=C(C(F)(F)F)NC(C)=C(C(=O)OCCN2C(=O)c3ccccc3C2=O)C1c1cccc(C(F)(F)F)c1. The number of allylic oxidation sites excluding steroid dienone is 2. The maximum Gasteiger partial charge on any atom is 0.431 e. The zero-order valence-corrected chi connectivity index (χ0v) is 22.0. The van der Waals surface area contributed by atoms with E-state index in [0.29, 0.717) is 12.1 Å². The molecule has 0 aromatic heterocycles. The van der Waals surface area contributed by atoms with Gasteiger partial charge in [0.25, 0.3) is 11.8 Å². The number of rotatable bonds is 7. The third-order valence-electron chi connectivity index (χ3n) is 6.54. The van der Waals surface area contributed by atoms with Gasteiger partial charge in [-0.15, -0.1) is 0 Å². The summed E-state index contributed by atoms with van der Waals surface area (Å²) in [5.41, 5.74) is -5.19. The molecule has 2 amide bonds. The molecule has 2 aliphatic heterocycles. The normalized spacial score (nSPS) is 17.3. The fraction of sp³-hybridized carbons (Fsp3) is 0.286. The second-order valence-corrected chi connectivity index (χ2v) is 9.17. The highest BCUT2D eigenvalue weighted by Crippen LogP contribution is 2.44. The number of dihydropyridines is 1. The molecule has 1 atom stereocenters. The first-order valence-electron chi connectivity index (χ1n) is 12.4. The van der Waals surface area contributed by atoms with Gasteiger partial charge in [0, 0.05) is 5.70 Å². The van der Waals surface area contributed by atoms with Crippen molar-refractivity contribution in [3.05, 3.63) is 93.3 Å². The van der Waals surface area contributed by atoms with E-state index in [1.165, 1.54) is 19.1 Å². The number of nitrogens with one attached hydrogen (secondary N) is 1. The molecule has 0 spiro atoms. The Bertz CT molecular complexity index is 1490. The third-order valence-corrected chi connectivity index (χ3v) is 6.54. The number of hydrogen-bond donors (Lipinski definition) is 1. The van der Waals surface area contributed by atoms with Crippen LogP contribution >= 0.6 is 0 Å². The second kappa shape index (κ2) is 11.3. The topological polar surface area (TPSA) is 102 Å². The van der Waals surface area contributed by atoms with Gasteiger partial charge in [0.05, 0.1) is 46.9 Å². The van der Waals surface area contributed by atoms with Gasteiger partial charge >= 0.3 is 24.3 Å². The molecule has 4 rings (SSSR count). The summed E-state index contributed by atoms with van der Waals surface area (Å²) in [6, 6.07) is 9.15. The van der Waals surface area contributed by atoms with Gasteiger partial charge in [-0.25, -0.2) is 9.59 Å². The number of carbonyl (C=O) groups excluding carboxylic acids is 4. The Morgan fingerprint density at radius 3 is 2.00 bits per heavy atom. The number of esters is 2. The van der Waals surface area contributed by atoms with Gasteiger partial charge in [-0.2, -0.15) is 26.3 Å². The van der Waals surface area contributed by atoms with Crippen LogP contribution in [0.15, 0.2) is 71.1 Å². The number of imide groups is 1. The first kappa shape index (κ1) is 30.3. The van der Waals surface area contributed by atoms with Crippen LogP contribution < -0.4 is 5.32 Å². The molecule has 1 N–H and O–H groups in total. The predicted octanol–water partition coefficient (Wildman–Crippen LogP) is 4.89. The van der Waals surface area contributed by atoms with Crippen LogP contribution in [0.4, 0.5) is 26.3 Å². The smallest absolute Gasteiger partial charge is 0.431 e. The molecule has 222 valence electrons. The molecule has 0 fully saturated rings. The molecule has 2 aromatic carbocycles. The number of nitrogens with zero attached hydrogens (tertiary/aromatic N) is 1. The van der Waals surface area contributed by atoms with Gasteiger partial charge in [0.2, 0.25) is 0 Å².